The van der Waals surface area contributed by atoms with Gasteiger partial charge in [0.2, 0.25) is 0 Å². The summed E-state index contributed by atoms with van der Waals surface area (Å²) in [4.78, 5) is 0. The van der Waals surface area contributed by atoms with Gasteiger partial charge < -0.3 is 20.3 Å². The highest BCUT2D eigenvalue weighted by Gasteiger charge is 2.21. The highest BCUT2D eigenvalue weighted by atomic mass is 16.5. The molecule has 1 rings (SSSR count). The molecule has 1 aromatic rings. The Morgan fingerprint density at radius 3 is 2.72 bits per heavy atom. The highest BCUT2D eigenvalue weighted by Crippen LogP contribution is 2.29. The van der Waals surface area contributed by atoms with E-state index in [4.69, 9.17) is 10.00 Å². The van der Waals surface area contributed by atoms with Gasteiger partial charge in [0.1, 0.15) is 11.9 Å². The molecular formula is C13H18N2O3. The van der Waals surface area contributed by atoms with Crippen molar-refractivity contribution >= 4 is 0 Å². The quantitative estimate of drug-likeness (QED) is 0.687. The summed E-state index contributed by atoms with van der Waals surface area (Å²) in [7, 11) is 3.26. The summed E-state index contributed by atoms with van der Waals surface area (Å²) in [5, 5.41) is 31.7. The third kappa shape index (κ3) is 3.44. The number of rotatable bonds is 6. The van der Waals surface area contributed by atoms with Crippen molar-refractivity contribution in [3.63, 3.8) is 0 Å². The standard InChI is InChI=1S/C13H18N2O3/c1-15-6-5-11(16)13(17)10-7-9(8-14)3-4-12(10)18-2/h3-4,7,11,13,15-17H,5-6H2,1-2H3. The zero-order valence-electron chi connectivity index (χ0n) is 10.6. The predicted molar refractivity (Wildman–Crippen MR) is 67.2 cm³/mol. The molecular weight excluding hydrogens is 232 g/mol. The van der Waals surface area contributed by atoms with Crippen molar-refractivity contribution in [2.24, 2.45) is 0 Å². The second-order valence-corrected chi connectivity index (χ2v) is 3.97. The molecule has 1 aromatic carbocycles. The Labute approximate surface area is 107 Å². The molecule has 0 spiro atoms. The summed E-state index contributed by atoms with van der Waals surface area (Å²) in [5.74, 6) is 0.463. The molecule has 0 fully saturated rings. The number of methoxy groups -OCH3 is 1. The zero-order valence-corrected chi connectivity index (χ0v) is 10.6. The van der Waals surface area contributed by atoms with Crippen LogP contribution in [-0.4, -0.2) is 37.0 Å². The molecule has 0 amide bonds. The van der Waals surface area contributed by atoms with E-state index < -0.39 is 12.2 Å². The van der Waals surface area contributed by atoms with Crippen molar-refractivity contribution in [2.45, 2.75) is 18.6 Å². The molecule has 3 N–H and O–H groups in total. The van der Waals surface area contributed by atoms with E-state index in [1.807, 2.05) is 6.07 Å². The van der Waals surface area contributed by atoms with Crippen LogP contribution in [0.2, 0.25) is 0 Å². The molecule has 2 unspecified atom stereocenters. The molecule has 0 aromatic heterocycles. The van der Waals surface area contributed by atoms with E-state index in [1.54, 1.807) is 19.2 Å². The fraction of sp³-hybridized carbons (Fsp3) is 0.462. The van der Waals surface area contributed by atoms with Crippen LogP contribution in [0.3, 0.4) is 0 Å². The lowest BCUT2D eigenvalue weighted by atomic mass is 9.99. The van der Waals surface area contributed by atoms with Gasteiger partial charge in [-0.25, -0.2) is 0 Å². The van der Waals surface area contributed by atoms with E-state index in [0.717, 1.165) is 0 Å². The monoisotopic (exact) mass is 250 g/mol. The summed E-state index contributed by atoms with van der Waals surface area (Å²) in [6.45, 7) is 0.596. The fourth-order valence-corrected chi connectivity index (χ4v) is 1.69. The van der Waals surface area contributed by atoms with Crippen molar-refractivity contribution < 1.29 is 14.9 Å². The molecule has 0 radical (unpaired) electrons. The first-order valence-corrected chi connectivity index (χ1v) is 5.72. The first kappa shape index (κ1) is 14.5. The van der Waals surface area contributed by atoms with E-state index in [0.29, 0.717) is 29.8 Å². The molecule has 0 saturated heterocycles. The lowest BCUT2D eigenvalue weighted by Crippen LogP contribution is -2.23. The number of ether oxygens (including phenoxy) is 1. The minimum atomic E-state index is -1.07. The Hall–Kier alpha value is -1.61. The SMILES string of the molecule is CNCCC(O)C(O)c1cc(C#N)ccc1OC. The van der Waals surface area contributed by atoms with E-state index in [9.17, 15) is 10.2 Å². The minimum Gasteiger partial charge on any atom is -0.496 e. The van der Waals surface area contributed by atoms with Crippen LogP contribution in [-0.2, 0) is 0 Å². The first-order chi connectivity index (χ1) is 8.63. The number of benzene rings is 1. The van der Waals surface area contributed by atoms with Crippen molar-refractivity contribution in [3.8, 4) is 11.8 Å². The molecule has 5 heteroatoms. The van der Waals surface area contributed by atoms with E-state index in [1.165, 1.54) is 13.2 Å². The Morgan fingerprint density at radius 1 is 1.44 bits per heavy atom. The van der Waals surface area contributed by atoms with Gasteiger partial charge >= 0.3 is 0 Å². The molecule has 2 atom stereocenters. The molecule has 5 nitrogen and oxygen atoms in total. The molecule has 0 saturated carbocycles. The topological polar surface area (TPSA) is 85.5 Å². The summed E-state index contributed by atoms with van der Waals surface area (Å²) >= 11 is 0. The normalized spacial score (nSPS) is 13.7. The summed E-state index contributed by atoms with van der Waals surface area (Å²) in [5.41, 5.74) is 0.853. The van der Waals surface area contributed by atoms with Gasteiger partial charge in [-0.15, -0.1) is 0 Å². The van der Waals surface area contributed by atoms with Crippen LogP contribution < -0.4 is 10.1 Å². The fourth-order valence-electron chi connectivity index (χ4n) is 1.69. The smallest absolute Gasteiger partial charge is 0.124 e. The average Bonchev–Trinajstić information content (AvgIpc) is 2.43. The van der Waals surface area contributed by atoms with Crippen molar-refractivity contribution in [1.29, 1.82) is 5.26 Å². The first-order valence-electron chi connectivity index (χ1n) is 5.72. The van der Waals surface area contributed by atoms with Crippen LogP contribution in [0.4, 0.5) is 0 Å². The third-order valence-corrected chi connectivity index (χ3v) is 2.73. The maximum atomic E-state index is 10.1. The number of aliphatic hydroxyl groups is 2. The van der Waals surface area contributed by atoms with Crippen LogP contribution >= 0.6 is 0 Å². The third-order valence-electron chi connectivity index (χ3n) is 2.73. The molecule has 18 heavy (non-hydrogen) atoms. The number of nitriles is 1. The van der Waals surface area contributed by atoms with Crippen LogP contribution in [0.15, 0.2) is 18.2 Å². The second kappa shape index (κ2) is 6.97. The zero-order chi connectivity index (χ0) is 13.5. The molecule has 0 bridgehead atoms. The largest absolute Gasteiger partial charge is 0.496 e. The number of hydrogen-bond acceptors (Lipinski definition) is 5. The molecule has 0 aliphatic heterocycles. The lowest BCUT2D eigenvalue weighted by molar-refractivity contribution is 0.0127. The Kier molecular flexibility index (Phi) is 5.59. The Morgan fingerprint density at radius 2 is 2.17 bits per heavy atom. The van der Waals surface area contributed by atoms with Crippen LogP contribution in [0.25, 0.3) is 0 Å². The summed E-state index contributed by atoms with van der Waals surface area (Å²) < 4.78 is 5.12. The molecule has 0 aliphatic rings. The van der Waals surface area contributed by atoms with Gasteiger partial charge in [0.05, 0.1) is 24.8 Å². The average molecular weight is 250 g/mol. The van der Waals surface area contributed by atoms with Gasteiger partial charge in [-0.05, 0) is 38.2 Å². The van der Waals surface area contributed by atoms with Crippen LogP contribution in [0.5, 0.6) is 5.75 Å². The van der Waals surface area contributed by atoms with Crippen molar-refractivity contribution in [2.75, 3.05) is 20.7 Å². The van der Waals surface area contributed by atoms with Gasteiger partial charge in [0.25, 0.3) is 0 Å². The van der Waals surface area contributed by atoms with Gasteiger partial charge in [0.15, 0.2) is 0 Å². The maximum absolute atomic E-state index is 10.1. The van der Waals surface area contributed by atoms with Gasteiger partial charge in [-0.3, -0.25) is 0 Å². The Balaban J connectivity index is 2.95. The van der Waals surface area contributed by atoms with Crippen LogP contribution in [0, 0.1) is 11.3 Å². The predicted octanol–water partition coefficient (Wildman–Crippen LogP) is 0.571. The van der Waals surface area contributed by atoms with Crippen LogP contribution in [0.1, 0.15) is 23.7 Å². The maximum Gasteiger partial charge on any atom is 0.124 e. The summed E-state index contributed by atoms with van der Waals surface area (Å²) in [6.07, 6.45) is -1.56. The lowest BCUT2D eigenvalue weighted by Gasteiger charge is -2.20. The van der Waals surface area contributed by atoms with E-state index in [-0.39, 0.29) is 0 Å². The molecule has 0 aliphatic carbocycles. The minimum absolute atomic E-state index is 0.414. The van der Waals surface area contributed by atoms with Gasteiger partial charge in [-0.2, -0.15) is 5.26 Å². The second-order valence-electron chi connectivity index (χ2n) is 3.97. The van der Waals surface area contributed by atoms with Crippen molar-refractivity contribution in [3.05, 3.63) is 29.3 Å². The van der Waals surface area contributed by atoms with Crippen molar-refractivity contribution in [1.82, 2.24) is 5.32 Å². The van der Waals surface area contributed by atoms with E-state index >= 15 is 0 Å². The number of hydrogen-bond donors (Lipinski definition) is 3. The van der Waals surface area contributed by atoms with Gasteiger partial charge in [0, 0.05) is 5.56 Å². The van der Waals surface area contributed by atoms with Gasteiger partial charge in [-0.1, -0.05) is 0 Å². The molecule has 0 heterocycles. The number of nitrogens with zero attached hydrogens (tertiary/aromatic N) is 1. The van der Waals surface area contributed by atoms with E-state index in [2.05, 4.69) is 5.32 Å². The Bertz CT molecular complexity index is 429. The number of aliphatic hydroxyl groups excluding tert-OH is 2. The number of nitrogens with one attached hydrogen (secondary N) is 1. The highest BCUT2D eigenvalue weighted by molar-refractivity contribution is 5.43. The summed E-state index contributed by atoms with van der Waals surface area (Å²) in [6, 6.07) is 6.75. The molecule has 98 valence electrons.